The number of carboxylic acid groups (broad SMARTS) is 1. The van der Waals surface area contributed by atoms with Crippen molar-refractivity contribution in [2.75, 3.05) is 0 Å². The molecule has 3 rings (SSSR count). The van der Waals surface area contributed by atoms with E-state index in [0.29, 0.717) is 11.1 Å². The van der Waals surface area contributed by atoms with Crippen LogP contribution in [0.3, 0.4) is 0 Å². The van der Waals surface area contributed by atoms with Crippen LogP contribution in [-0.2, 0) is 0 Å². The van der Waals surface area contributed by atoms with Crippen molar-refractivity contribution in [1.29, 1.82) is 5.26 Å². The van der Waals surface area contributed by atoms with Crippen LogP contribution in [0.1, 0.15) is 15.9 Å². The minimum absolute atomic E-state index is 0.0156. The lowest BCUT2D eigenvalue weighted by atomic mass is 10.1. The second-order valence-corrected chi connectivity index (χ2v) is 4.54. The van der Waals surface area contributed by atoms with E-state index >= 15 is 0 Å². The van der Waals surface area contributed by atoms with Gasteiger partial charge in [-0.15, -0.1) is 0 Å². The number of aromatic carboxylic acids is 1. The third-order valence-electron chi connectivity index (χ3n) is 3.27. The Bertz CT molecular complexity index is 906. The minimum Gasteiger partial charge on any atom is -0.478 e. The highest BCUT2D eigenvalue weighted by molar-refractivity contribution is 5.89. The van der Waals surface area contributed by atoms with Gasteiger partial charge in [0.25, 0.3) is 0 Å². The van der Waals surface area contributed by atoms with Crippen LogP contribution in [0.4, 0.5) is 4.39 Å². The van der Waals surface area contributed by atoms with Gasteiger partial charge in [-0.3, -0.25) is 0 Å². The van der Waals surface area contributed by atoms with E-state index in [1.54, 1.807) is 35.0 Å². The molecule has 0 aliphatic heterocycles. The summed E-state index contributed by atoms with van der Waals surface area (Å²) >= 11 is 0. The first kappa shape index (κ1) is 12.9. The fourth-order valence-corrected chi connectivity index (χ4v) is 2.25. The summed E-state index contributed by atoms with van der Waals surface area (Å²) in [6, 6.07) is 12.5. The third-order valence-corrected chi connectivity index (χ3v) is 3.27. The number of carbonyl (C=O) groups is 1. The number of carboxylic acids is 1. The van der Waals surface area contributed by atoms with Crippen LogP contribution in [0.25, 0.3) is 16.6 Å². The van der Waals surface area contributed by atoms with Crippen LogP contribution in [-0.4, -0.2) is 15.6 Å². The van der Waals surface area contributed by atoms with Gasteiger partial charge in [0, 0.05) is 11.6 Å². The lowest BCUT2D eigenvalue weighted by Gasteiger charge is -2.08. The molecule has 1 heterocycles. The van der Waals surface area contributed by atoms with Crippen molar-refractivity contribution in [3.8, 4) is 11.8 Å². The highest BCUT2D eigenvalue weighted by atomic mass is 19.1. The lowest BCUT2D eigenvalue weighted by Crippen LogP contribution is -2.02. The summed E-state index contributed by atoms with van der Waals surface area (Å²) in [4.78, 5) is 11.0. The molecule has 5 heteroatoms. The first-order valence-electron chi connectivity index (χ1n) is 6.14. The van der Waals surface area contributed by atoms with Gasteiger partial charge in [0.2, 0.25) is 0 Å². The maximum Gasteiger partial charge on any atom is 0.335 e. The Balaban J connectivity index is 2.23. The van der Waals surface area contributed by atoms with E-state index in [1.807, 2.05) is 6.07 Å². The largest absolute Gasteiger partial charge is 0.478 e. The summed E-state index contributed by atoms with van der Waals surface area (Å²) in [5.74, 6) is -1.62. The molecule has 4 nitrogen and oxygen atoms in total. The van der Waals surface area contributed by atoms with Gasteiger partial charge < -0.3 is 9.67 Å². The minimum atomic E-state index is -1.11. The fourth-order valence-electron chi connectivity index (χ4n) is 2.25. The van der Waals surface area contributed by atoms with Crippen molar-refractivity contribution in [3.63, 3.8) is 0 Å². The molecule has 0 saturated carbocycles. The first-order chi connectivity index (χ1) is 10.1. The maximum absolute atomic E-state index is 14.0. The Morgan fingerprint density at radius 3 is 2.71 bits per heavy atom. The number of rotatable bonds is 2. The van der Waals surface area contributed by atoms with E-state index < -0.39 is 11.8 Å². The zero-order chi connectivity index (χ0) is 15.0. The van der Waals surface area contributed by atoms with Gasteiger partial charge in [0.15, 0.2) is 0 Å². The van der Waals surface area contributed by atoms with Crippen molar-refractivity contribution in [2.45, 2.75) is 0 Å². The molecule has 0 aliphatic carbocycles. The Kier molecular flexibility index (Phi) is 2.92. The van der Waals surface area contributed by atoms with Gasteiger partial charge in [-0.1, -0.05) is 0 Å². The SMILES string of the molecule is N#Cc1ccc2c(ccn2-c2cc(C(=O)O)ccc2F)c1. The van der Waals surface area contributed by atoms with Crippen molar-refractivity contribution >= 4 is 16.9 Å². The molecular weight excluding hydrogens is 271 g/mol. The quantitative estimate of drug-likeness (QED) is 0.782. The summed E-state index contributed by atoms with van der Waals surface area (Å²) in [6.45, 7) is 0. The summed E-state index contributed by atoms with van der Waals surface area (Å²) in [5, 5.41) is 18.7. The summed E-state index contributed by atoms with van der Waals surface area (Å²) in [5.41, 5.74) is 1.40. The monoisotopic (exact) mass is 280 g/mol. The number of nitrogens with zero attached hydrogens (tertiary/aromatic N) is 2. The number of halogens is 1. The highest BCUT2D eigenvalue weighted by Crippen LogP contribution is 2.24. The smallest absolute Gasteiger partial charge is 0.335 e. The van der Waals surface area contributed by atoms with E-state index in [2.05, 4.69) is 0 Å². The fraction of sp³-hybridized carbons (Fsp3) is 0. The topological polar surface area (TPSA) is 66.0 Å². The molecule has 102 valence electrons. The summed E-state index contributed by atoms with van der Waals surface area (Å²) in [6.07, 6.45) is 1.65. The second kappa shape index (κ2) is 4.76. The number of benzene rings is 2. The van der Waals surface area contributed by atoms with Gasteiger partial charge in [0.05, 0.1) is 28.4 Å². The van der Waals surface area contributed by atoms with Crippen LogP contribution in [0.2, 0.25) is 0 Å². The molecule has 1 aromatic heterocycles. The van der Waals surface area contributed by atoms with Crippen LogP contribution < -0.4 is 0 Å². The van der Waals surface area contributed by atoms with E-state index in [4.69, 9.17) is 10.4 Å². The molecule has 0 atom stereocenters. The van der Waals surface area contributed by atoms with Crippen molar-refractivity contribution in [1.82, 2.24) is 4.57 Å². The molecule has 0 fully saturated rings. The van der Waals surface area contributed by atoms with E-state index in [-0.39, 0.29) is 11.3 Å². The van der Waals surface area contributed by atoms with Crippen LogP contribution in [0.15, 0.2) is 48.7 Å². The molecule has 0 radical (unpaired) electrons. The van der Waals surface area contributed by atoms with E-state index in [0.717, 1.165) is 11.5 Å². The predicted molar refractivity (Wildman–Crippen MR) is 74.9 cm³/mol. The predicted octanol–water partition coefficient (Wildman–Crippen LogP) is 3.34. The second-order valence-electron chi connectivity index (χ2n) is 4.54. The van der Waals surface area contributed by atoms with E-state index in [9.17, 15) is 9.18 Å². The van der Waals surface area contributed by atoms with Gasteiger partial charge in [-0.2, -0.15) is 5.26 Å². The standard InChI is InChI=1S/C16H9FN2O2/c17-13-3-2-12(16(20)21)8-15(13)19-6-5-11-7-10(9-18)1-4-14(11)19/h1-8H,(H,20,21). The average molecular weight is 280 g/mol. The van der Waals surface area contributed by atoms with Gasteiger partial charge in [-0.25, -0.2) is 9.18 Å². The molecule has 0 amide bonds. The maximum atomic E-state index is 14.0. The Labute approximate surface area is 119 Å². The molecule has 1 N–H and O–H groups in total. The molecular formula is C16H9FN2O2. The van der Waals surface area contributed by atoms with Crippen LogP contribution in [0.5, 0.6) is 0 Å². The van der Waals surface area contributed by atoms with Gasteiger partial charge >= 0.3 is 5.97 Å². The number of hydrogen-bond donors (Lipinski definition) is 1. The summed E-state index contributed by atoms with van der Waals surface area (Å²) < 4.78 is 15.6. The number of aromatic nitrogens is 1. The Morgan fingerprint density at radius 1 is 1.19 bits per heavy atom. The van der Waals surface area contributed by atoms with Crippen molar-refractivity contribution < 1.29 is 14.3 Å². The third kappa shape index (κ3) is 2.13. The molecule has 3 aromatic rings. The van der Waals surface area contributed by atoms with Crippen LogP contribution in [0, 0.1) is 17.1 Å². The first-order valence-corrected chi connectivity index (χ1v) is 6.14. The molecule has 0 spiro atoms. The van der Waals surface area contributed by atoms with Crippen LogP contribution >= 0.6 is 0 Å². The molecule has 0 unspecified atom stereocenters. The number of fused-ring (bicyclic) bond motifs is 1. The Morgan fingerprint density at radius 2 is 2.00 bits per heavy atom. The van der Waals surface area contributed by atoms with E-state index in [1.165, 1.54) is 12.1 Å². The number of nitriles is 1. The molecule has 0 saturated heterocycles. The molecule has 0 bridgehead atoms. The number of hydrogen-bond acceptors (Lipinski definition) is 2. The zero-order valence-corrected chi connectivity index (χ0v) is 10.7. The lowest BCUT2D eigenvalue weighted by molar-refractivity contribution is 0.0697. The zero-order valence-electron chi connectivity index (χ0n) is 10.7. The molecule has 21 heavy (non-hydrogen) atoms. The summed E-state index contributed by atoms with van der Waals surface area (Å²) in [7, 11) is 0. The van der Waals surface area contributed by atoms with Crippen molar-refractivity contribution in [2.24, 2.45) is 0 Å². The molecule has 2 aromatic carbocycles. The molecule has 0 aliphatic rings. The highest BCUT2D eigenvalue weighted by Gasteiger charge is 2.12. The Hall–Kier alpha value is -3.13. The van der Waals surface area contributed by atoms with Crippen molar-refractivity contribution in [3.05, 3.63) is 65.6 Å². The van der Waals surface area contributed by atoms with Gasteiger partial charge in [-0.05, 0) is 42.5 Å². The average Bonchev–Trinajstić information content (AvgIpc) is 2.90. The normalized spacial score (nSPS) is 10.5. The van der Waals surface area contributed by atoms with Gasteiger partial charge in [0.1, 0.15) is 5.82 Å².